The molecule has 1 aromatic heterocycles. The van der Waals surface area contributed by atoms with Gasteiger partial charge in [0.2, 0.25) is 0 Å². The number of aryl methyl sites for hydroxylation is 1. The molecule has 2 aromatic rings. The number of benzene rings is 1. The number of aromatic nitrogens is 1. The summed E-state index contributed by atoms with van der Waals surface area (Å²) in [5, 5.41) is 3.60. The Kier molecular flexibility index (Phi) is 3.73. The second-order valence-corrected chi connectivity index (χ2v) is 5.33. The summed E-state index contributed by atoms with van der Waals surface area (Å²) in [6, 6.07) is 9.53. The summed E-state index contributed by atoms with van der Waals surface area (Å²) in [7, 11) is 0. The zero-order valence-corrected chi connectivity index (χ0v) is 12.1. The maximum Gasteiger partial charge on any atom is 0.134 e. The molecule has 1 heterocycles. The largest absolute Gasteiger partial charge is 0.399 e. The van der Waals surface area contributed by atoms with Gasteiger partial charge in [-0.05, 0) is 53.3 Å². The van der Waals surface area contributed by atoms with Crippen molar-refractivity contribution in [1.29, 1.82) is 0 Å². The predicted octanol–water partition coefficient (Wildman–Crippen LogP) is 3.97. The van der Waals surface area contributed by atoms with Gasteiger partial charge in [-0.3, -0.25) is 0 Å². The van der Waals surface area contributed by atoms with E-state index < -0.39 is 0 Å². The van der Waals surface area contributed by atoms with Gasteiger partial charge in [-0.25, -0.2) is 4.98 Å². The van der Waals surface area contributed by atoms with Crippen LogP contribution in [0, 0.1) is 10.5 Å². The summed E-state index contributed by atoms with van der Waals surface area (Å²) in [5.74, 6) is 0.653. The smallest absolute Gasteiger partial charge is 0.134 e. The molecule has 0 aliphatic rings. The van der Waals surface area contributed by atoms with Crippen molar-refractivity contribution in [3.63, 3.8) is 0 Å². The van der Waals surface area contributed by atoms with Crippen LogP contribution < -0.4 is 11.1 Å². The van der Waals surface area contributed by atoms with Gasteiger partial charge in [-0.15, -0.1) is 0 Å². The number of pyridine rings is 1. The number of anilines is 3. The number of hydrogen-bond acceptors (Lipinski definition) is 3. The first-order chi connectivity index (χ1) is 8.04. The van der Waals surface area contributed by atoms with E-state index in [-0.39, 0.29) is 0 Å². The van der Waals surface area contributed by atoms with Crippen molar-refractivity contribution >= 4 is 51.4 Å². The lowest BCUT2D eigenvalue weighted by molar-refractivity contribution is 1.30. The molecule has 1 aromatic carbocycles. The Bertz CT molecular complexity index is 537. The Balaban J connectivity index is 2.34. The molecule has 88 valence electrons. The van der Waals surface area contributed by atoms with Crippen LogP contribution in [0.1, 0.15) is 5.56 Å². The fourth-order valence-electron chi connectivity index (χ4n) is 1.45. The summed E-state index contributed by atoms with van der Waals surface area (Å²) in [4.78, 5) is 4.17. The first-order valence-corrected chi connectivity index (χ1v) is 6.46. The topological polar surface area (TPSA) is 50.9 Å². The number of nitrogens with two attached hydrogens (primary N) is 1. The van der Waals surface area contributed by atoms with Crippen LogP contribution in [0.4, 0.5) is 17.2 Å². The molecule has 0 atom stereocenters. The van der Waals surface area contributed by atoms with Gasteiger partial charge in [-0.2, -0.15) is 0 Å². The molecule has 0 saturated heterocycles. The normalized spacial score (nSPS) is 10.3. The number of nitrogen functional groups attached to an aromatic ring is 1. The van der Waals surface area contributed by atoms with Crippen LogP contribution >= 0.6 is 34.2 Å². The molecule has 2 rings (SSSR count). The van der Waals surface area contributed by atoms with Crippen LogP contribution in [0.15, 0.2) is 30.3 Å². The third-order valence-corrected chi connectivity index (χ3v) is 3.14. The van der Waals surface area contributed by atoms with Crippen molar-refractivity contribution in [3.8, 4) is 0 Å². The van der Waals surface area contributed by atoms with E-state index in [1.165, 1.54) is 0 Å². The van der Waals surface area contributed by atoms with E-state index >= 15 is 0 Å². The maximum absolute atomic E-state index is 5.85. The van der Waals surface area contributed by atoms with Crippen molar-refractivity contribution in [2.45, 2.75) is 6.92 Å². The molecular formula is C12H11ClIN3. The molecule has 0 saturated carbocycles. The fraction of sp³-hybridized carbons (Fsp3) is 0.0833. The number of nitrogens with one attached hydrogen (secondary N) is 1. The van der Waals surface area contributed by atoms with E-state index in [1.54, 1.807) is 12.1 Å². The number of rotatable bonds is 2. The van der Waals surface area contributed by atoms with Crippen molar-refractivity contribution in [2.75, 3.05) is 11.1 Å². The van der Waals surface area contributed by atoms with Gasteiger partial charge in [0.1, 0.15) is 11.0 Å². The Labute approximate surface area is 119 Å². The summed E-state index contributed by atoms with van der Waals surface area (Å²) < 4.78 is 1.16. The van der Waals surface area contributed by atoms with Gasteiger partial charge in [0.15, 0.2) is 0 Å². The molecule has 0 bridgehead atoms. The number of hydrogen-bond donors (Lipinski definition) is 2. The summed E-state index contributed by atoms with van der Waals surface area (Å²) >= 11 is 8.12. The van der Waals surface area contributed by atoms with Crippen molar-refractivity contribution in [3.05, 3.63) is 44.6 Å². The Morgan fingerprint density at radius 3 is 2.76 bits per heavy atom. The highest BCUT2D eigenvalue weighted by Gasteiger charge is 2.03. The summed E-state index contributed by atoms with van der Waals surface area (Å²) in [6.45, 7) is 2.03. The van der Waals surface area contributed by atoms with Crippen LogP contribution in [0.2, 0.25) is 5.15 Å². The lowest BCUT2D eigenvalue weighted by Gasteiger charge is -2.10. The van der Waals surface area contributed by atoms with Crippen LogP contribution in [0.5, 0.6) is 0 Å². The van der Waals surface area contributed by atoms with Crippen LogP contribution in [0.25, 0.3) is 0 Å². The molecule has 0 radical (unpaired) electrons. The number of nitrogens with zero attached hydrogens (tertiary/aromatic N) is 1. The molecule has 0 unspecified atom stereocenters. The average Bonchev–Trinajstić information content (AvgIpc) is 2.22. The zero-order valence-electron chi connectivity index (χ0n) is 9.17. The highest BCUT2D eigenvalue weighted by atomic mass is 127. The van der Waals surface area contributed by atoms with Gasteiger partial charge in [0.25, 0.3) is 0 Å². The molecule has 3 nitrogen and oxygen atoms in total. The van der Waals surface area contributed by atoms with Gasteiger partial charge in [0.05, 0.1) is 0 Å². The third kappa shape index (κ3) is 3.23. The zero-order chi connectivity index (χ0) is 12.4. The second kappa shape index (κ2) is 5.10. The molecule has 0 aliphatic carbocycles. The summed E-state index contributed by atoms with van der Waals surface area (Å²) in [5.41, 5.74) is 8.46. The molecule has 0 fully saturated rings. The van der Waals surface area contributed by atoms with Crippen molar-refractivity contribution in [1.82, 2.24) is 4.98 Å². The highest BCUT2D eigenvalue weighted by molar-refractivity contribution is 14.1. The molecule has 17 heavy (non-hydrogen) atoms. The van der Waals surface area contributed by atoms with E-state index in [0.717, 1.165) is 14.8 Å². The SMILES string of the molecule is Cc1ccc(I)cc1Nc1cc(N)cc(Cl)n1. The monoisotopic (exact) mass is 359 g/mol. The van der Waals surface area contributed by atoms with E-state index in [2.05, 4.69) is 51.1 Å². The lowest BCUT2D eigenvalue weighted by Crippen LogP contribution is -1.98. The molecule has 5 heteroatoms. The summed E-state index contributed by atoms with van der Waals surface area (Å²) in [6.07, 6.45) is 0. The maximum atomic E-state index is 5.85. The molecule has 0 amide bonds. The van der Waals surface area contributed by atoms with E-state index in [1.807, 2.05) is 6.92 Å². The van der Waals surface area contributed by atoms with Gasteiger partial charge < -0.3 is 11.1 Å². The van der Waals surface area contributed by atoms with E-state index in [9.17, 15) is 0 Å². The fourth-order valence-corrected chi connectivity index (χ4v) is 2.16. The van der Waals surface area contributed by atoms with Gasteiger partial charge >= 0.3 is 0 Å². The Morgan fingerprint density at radius 1 is 1.29 bits per heavy atom. The minimum absolute atomic E-state index is 0.385. The molecule has 0 spiro atoms. The van der Waals surface area contributed by atoms with Crippen molar-refractivity contribution in [2.24, 2.45) is 0 Å². The van der Waals surface area contributed by atoms with Crippen LogP contribution in [-0.2, 0) is 0 Å². The standard InChI is InChI=1S/C12H11ClIN3/c1-7-2-3-8(14)4-10(7)16-12-6-9(15)5-11(13)17-12/h2-6H,1H3,(H3,15,16,17). The van der Waals surface area contributed by atoms with Crippen LogP contribution in [0.3, 0.4) is 0 Å². The predicted molar refractivity (Wildman–Crippen MR) is 80.8 cm³/mol. The minimum atomic E-state index is 0.385. The Morgan fingerprint density at radius 2 is 2.06 bits per heavy atom. The van der Waals surface area contributed by atoms with Crippen molar-refractivity contribution < 1.29 is 0 Å². The third-order valence-electron chi connectivity index (χ3n) is 2.28. The molecule has 0 aliphatic heterocycles. The van der Waals surface area contributed by atoms with Crippen LogP contribution in [-0.4, -0.2) is 4.98 Å². The van der Waals surface area contributed by atoms with E-state index in [0.29, 0.717) is 16.7 Å². The second-order valence-electron chi connectivity index (χ2n) is 3.69. The van der Waals surface area contributed by atoms with Gasteiger partial charge in [0, 0.05) is 21.0 Å². The van der Waals surface area contributed by atoms with Gasteiger partial charge in [-0.1, -0.05) is 17.7 Å². The minimum Gasteiger partial charge on any atom is -0.399 e. The molecule has 3 N–H and O–H groups in total. The Hall–Kier alpha value is -1.01. The molecular weight excluding hydrogens is 349 g/mol. The quantitative estimate of drug-likeness (QED) is 0.630. The van der Waals surface area contributed by atoms with E-state index in [4.69, 9.17) is 17.3 Å². The first kappa shape index (κ1) is 12.4. The lowest BCUT2D eigenvalue weighted by atomic mass is 10.2. The first-order valence-electron chi connectivity index (χ1n) is 5.01. The average molecular weight is 360 g/mol. The highest BCUT2D eigenvalue weighted by Crippen LogP contribution is 2.24. The number of halogens is 2.